The lowest BCUT2D eigenvalue weighted by Crippen LogP contribution is -2.58. The predicted octanol–water partition coefficient (Wildman–Crippen LogP) is 2.56. The Labute approximate surface area is 126 Å². The smallest absolute Gasteiger partial charge is 0.407 e. The van der Waals surface area contributed by atoms with Crippen molar-refractivity contribution < 1.29 is 24.2 Å². The summed E-state index contributed by atoms with van der Waals surface area (Å²) >= 11 is 0. The summed E-state index contributed by atoms with van der Waals surface area (Å²) in [6.07, 6.45) is -0.0894. The molecule has 1 amide bonds. The first-order valence-corrected chi connectivity index (χ1v) is 7.26. The van der Waals surface area contributed by atoms with E-state index >= 15 is 0 Å². The zero-order valence-electron chi connectivity index (χ0n) is 13.7. The number of hydrogen-bond donors (Lipinski definition) is 2. The molecule has 122 valence electrons. The van der Waals surface area contributed by atoms with Gasteiger partial charge in [-0.1, -0.05) is 0 Å². The summed E-state index contributed by atoms with van der Waals surface area (Å²) in [7, 11) is 0. The van der Waals surface area contributed by atoms with Crippen molar-refractivity contribution in [1.82, 2.24) is 5.32 Å². The Morgan fingerprint density at radius 2 is 1.71 bits per heavy atom. The van der Waals surface area contributed by atoms with Gasteiger partial charge < -0.3 is 19.9 Å². The number of carboxylic acids is 1. The van der Waals surface area contributed by atoms with Gasteiger partial charge in [0.2, 0.25) is 0 Å². The van der Waals surface area contributed by atoms with Gasteiger partial charge in [0.25, 0.3) is 0 Å². The third-order valence-corrected chi connectivity index (χ3v) is 3.10. The quantitative estimate of drug-likeness (QED) is 0.833. The standard InChI is InChI=1S/C15H27NO5/c1-14(2,3)20-11-8-10(9(11)7-12(17)18)16-13(19)21-15(4,5)6/h9-11H,7-8H2,1-6H3,(H,16,19)(H,17,18)/t9-,10+,11-/m1/s1. The number of carbonyl (C=O) groups is 2. The number of alkyl carbamates (subject to hydrolysis) is 1. The first-order chi connectivity index (χ1) is 9.37. The number of amides is 1. The first-order valence-electron chi connectivity index (χ1n) is 7.26. The SMILES string of the molecule is CC(C)(C)OC(=O)N[C@H]1C[C@@H](OC(C)(C)C)[C@@H]1CC(=O)O. The normalized spacial score (nSPS) is 25.9. The second-order valence-corrected chi connectivity index (χ2v) is 7.52. The number of nitrogens with one attached hydrogen (secondary N) is 1. The minimum atomic E-state index is -0.891. The molecule has 1 aliphatic rings. The molecular weight excluding hydrogens is 274 g/mol. The zero-order valence-corrected chi connectivity index (χ0v) is 13.7. The van der Waals surface area contributed by atoms with Crippen molar-refractivity contribution in [3.8, 4) is 0 Å². The van der Waals surface area contributed by atoms with Gasteiger partial charge in [-0.25, -0.2) is 4.79 Å². The molecule has 1 rings (SSSR count). The summed E-state index contributed by atoms with van der Waals surface area (Å²) in [4.78, 5) is 22.7. The van der Waals surface area contributed by atoms with Gasteiger partial charge in [0.15, 0.2) is 0 Å². The molecule has 0 spiro atoms. The Morgan fingerprint density at radius 3 is 2.14 bits per heavy atom. The topological polar surface area (TPSA) is 84.9 Å². The summed E-state index contributed by atoms with van der Waals surface area (Å²) in [5, 5.41) is 11.7. The van der Waals surface area contributed by atoms with E-state index in [-0.39, 0.29) is 30.1 Å². The third-order valence-electron chi connectivity index (χ3n) is 3.10. The van der Waals surface area contributed by atoms with Crippen LogP contribution in [0.4, 0.5) is 4.79 Å². The van der Waals surface area contributed by atoms with E-state index in [9.17, 15) is 9.59 Å². The average Bonchev–Trinajstić information content (AvgIpc) is 2.20. The van der Waals surface area contributed by atoms with Crippen LogP contribution in [0.5, 0.6) is 0 Å². The highest BCUT2D eigenvalue weighted by molar-refractivity contribution is 5.70. The molecule has 1 saturated carbocycles. The van der Waals surface area contributed by atoms with Crippen molar-refractivity contribution in [2.75, 3.05) is 0 Å². The molecule has 1 fully saturated rings. The van der Waals surface area contributed by atoms with Crippen molar-refractivity contribution in [1.29, 1.82) is 0 Å². The number of ether oxygens (including phenoxy) is 2. The summed E-state index contributed by atoms with van der Waals surface area (Å²) in [6, 6.07) is -0.219. The second kappa shape index (κ2) is 6.22. The maximum atomic E-state index is 11.8. The van der Waals surface area contributed by atoms with Gasteiger partial charge in [-0.15, -0.1) is 0 Å². The van der Waals surface area contributed by atoms with Crippen LogP contribution in [0.1, 0.15) is 54.4 Å². The van der Waals surface area contributed by atoms with Crippen LogP contribution in [0.3, 0.4) is 0 Å². The van der Waals surface area contributed by atoms with Gasteiger partial charge in [-0.3, -0.25) is 4.79 Å². The fraction of sp³-hybridized carbons (Fsp3) is 0.867. The minimum absolute atomic E-state index is 0.0266. The molecule has 2 N–H and O–H groups in total. The van der Waals surface area contributed by atoms with Crippen molar-refractivity contribution >= 4 is 12.1 Å². The molecular formula is C15H27NO5. The Bertz CT molecular complexity index is 394. The number of carboxylic acid groups (broad SMARTS) is 1. The van der Waals surface area contributed by atoms with E-state index < -0.39 is 17.7 Å². The van der Waals surface area contributed by atoms with Gasteiger partial charge in [0.1, 0.15) is 5.60 Å². The highest BCUT2D eigenvalue weighted by Crippen LogP contribution is 2.36. The molecule has 0 aromatic carbocycles. The molecule has 0 bridgehead atoms. The van der Waals surface area contributed by atoms with E-state index in [1.165, 1.54) is 0 Å². The zero-order chi connectivity index (χ0) is 16.4. The molecule has 1 aliphatic carbocycles. The molecule has 0 saturated heterocycles. The Balaban J connectivity index is 2.59. The van der Waals surface area contributed by atoms with Crippen molar-refractivity contribution in [2.45, 2.75) is 77.7 Å². The number of rotatable bonds is 4. The monoisotopic (exact) mass is 301 g/mol. The number of hydrogen-bond acceptors (Lipinski definition) is 4. The summed E-state index contributed by atoms with van der Waals surface area (Å²) < 4.78 is 11.0. The predicted molar refractivity (Wildman–Crippen MR) is 78.1 cm³/mol. The summed E-state index contributed by atoms with van der Waals surface area (Å²) in [6.45, 7) is 11.1. The molecule has 0 radical (unpaired) electrons. The Morgan fingerprint density at radius 1 is 1.14 bits per heavy atom. The van der Waals surface area contributed by atoms with Gasteiger partial charge in [0, 0.05) is 12.0 Å². The van der Waals surface area contributed by atoms with Crippen molar-refractivity contribution in [3.63, 3.8) is 0 Å². The largest absolute Gasteiger partial charge is 0.481 e. The molecule has 0 heterocycles. The van der Waals surface area contributed by atoms with Crippen LogP contribution in [0.2, 0.25) is 0 Å². The molecule has 21 heavy (non-hydrogen) atoms. The first kappa shape index (κ1) is 17.8. The maximum absolute atomic E-state index is 11.8. The molecule has 3 atom stereocenters. The molecule has 6 heteroatoms. The lowest BCUT2D eigenvalue weighted by molar-refractivity contribution is -0.157. The average molecular weight is 301 g/mol. The fourth-order valence-corrected chi connectivity index (χ4v) is 2.35. The highest BCUT2D eigenvalue weighted by Gasteiger charge is 2.45. The van der Waals surface area contributed by atoms with E-state index in [4.69, 9.17) is 14.6 Å². The molecule has 0 aromatic heterocycles. The molecule has 0 aromatic rings. The van der Waals surface area contributed by atoms with Crippen LogP contribution in [-0.2, 0) is 14.3 Å². The maximum Gasteiger partial charge on any atom is 0.407 e. The highest BCUT2D eigenvalue weighted by atomic mass is 16.6. The van der Waals surface area contributed by atoms with E-state index in [0.717, 1.165) is 0 Å². The summed E-state index contributed by atoms with van der Waals surface area (Å²) in [5.74, 6) is -1.12. The molecule has 0 aliphatic heterocycles. The second-order valence-electron chi connectivity index (χ2n) is 7.52. The van der Waals surface area contributed by atoms with Gasteiger partial charge in [-0.05, 0) is 48.0 Å². The minimum Gasteiger partial charge on any atom is -0.481 e. The van der Waals surface area contributed by atoms with Crippen LogP contribution < -0.4 is 5.32 Å². The van der Waals surface area contributed by atoms with E-state index in [1.54, 1.807) is 20.8 Å². The molecule has 6 nitrogen and oxygen atoms in total. The number of aliphatic carboxylic acids is 1. The van der Waals surface area contributed by atoms with Crippen LogP contribution >= 0.6 is 0 Å². The van der Waals surface area contributed by atoms with Crippen LogP contribution in [-0.4, -0.2) is 40.5 Å². The van der Waals surface area contributed by atoms with Crippen LogP contribution in [0.25, 0.3) is 0 Å². The third kappa shape index (κ3) is 6.33. The fourth-order valence-electron chi connectivity index (χ4n) is 2.35. The van der Waals surface area contributed by atoms with Gasteiger partial charge in [0.05, 0.1) is 18.1 Å². The Kier molecular flexibility index (Phi) is 5.25. The molecule has 0 unspecified atom stereocenters. The lowest BCUT2D eigenvalue weighted by Gasteiger charge is -2.46. The van der Waals surface area contributed by atoms with Crippen LogP contribution in [0.15, 0.2) is 0 Å². The van der Waals surface area contributed by atoms with Gasteiger partial charge in [-0.2, -0.15) is 0 Å². The van der Waals surface area contributed by atoms with Crippen LogP contribution in [0, 0.1) is 5.92 Å². The van der Waals surface area contributed by atoms with Crippen molar-refractivity contribution in [2.24, 2.45) is 5.92 Å². The summed E-state index contributed by atoms with van der Waals surface area (Å²) in [5.41, 5.74) is -0.907. The van der Waals surface area contributed by atoms with E-state index in [2.05, 4.69) is 5.32 Å². The lowest BCUT2D eigenvalue weighted by atomic mass is 9.74. The number of carbonyl (C=O) groups excluding carboxylic acids is 1. The Hall–Kier alpha value is -1.30. The van der Waals surface area contributed by atoms with Gasteiger partial charge >= 0.3 is 12.1 Å². The van der Waals surface area contributed by atoms with E-state index in [0.29, 0.717) is 6.42 Å². The van der Waals surface area contributed by atoms with E-state index in [1.807, 2.05) is 20.8 Å². The van der Waals surface area contributed by atoms with Crippen molar-refractivity contribution in [3.05, 3.63) is 0 Å².